The maximum absolute atomic E-state index is 10.6. The van der Waals surface area contributed by atoms with E-state index in [1.165, 1.54) is 28.2 Å². The first-order chi connectivity index (χ1) is 19.5. The van der Waals surface area contributed by atoms with E-state index in [-0.39, 0.29) is 5.54 Å². The van der Waals surface area contributed by atoms with Crippen molar-refractivity contribution in [3.8, 4) is 11.3 Å². The van der Waals surface area contributed by atoms with Crippen molar-refractivity contribution in [1.29, 1.82) is 0 Å². The van der Waals surface area contributed by atoms with E-state index in [1.54, 1.807) is 11.3 Å². The van der Waals surface area contributed by atoms with Gasteiger partial charge in [-0.3, -0.25) is 9.80 Å². The van der Waals surface area contributed by atoms with Crippen LogP contribution in [0.25, 0.3) is 11.3 Å². The highest BCUT2D eigenvalue weighted by atomic mass is 32.1. The summed E-state index contributed by atoms with van der Waals surface area (Å²) >= 11 is 1.79. The highest BCUT2D eigenvalue weighted by Gasteiger charge is 2.45. The van der Waals surface area contributed by atoms with Crippen LogP contribution in [0.1, 0.15) is 29.8 Å². The maximum atomic E-state index is 10.6. The number of carboxylic acids is 2. The predicted molar refractivity (Wildman–Crippen MR) is 143 cm³/mol. The smallest absolute Gasteiger partial charge is 0.475 e. The zero-order chi connectivity index (χ0) is 31.3. The molecule has 4 heterocycles. The van der Waals surface area contributed by atoms with E-state index in [0.29, 0.717) is 0 Å². The number of aliphatic carboxylic acids is 2. The number of carboxylic acid groups (broad SMARTS) is 2. The van der Waals surface area contributed by atoms with Gasteiger partial charge in [-0.15, -0.1) is 0 Å². The Morgan fingerprint density at radius 1 is 0.929 bits per heavy atom. The van der Waals surface area contributed by atoms with E-state index in [9.17, 15) is 26.3 Å². The molecule has 0 aliphatic carbocycles. The number of likely N-dealkylation sites (N-methyl/N-ethyl adjacent to an activating group) is 1. The van der Waals surface area contributed by atoms with E-state index in [2.05, 4.69) is 75.6 Å². The zero-order valence-corrected chi connectivity index (χ0v) is 23.6. The Hall–Kier alpha value is -3.43. The van der Waals surface area contributed by atoms with Gasteiger partial charge < -0.3 is 14.8 Å². The van der Waals surface area contributed by atoms with Crippen molar-refractivity contribution >= 4 is 23.3 Å². The summed E-state index contributed by atoms with van der Waals surface area (Å²) in [6.45, 7) is 7.60. The standard InChI is InChI=1S/C23H28N4S.2C2HF3O2/c1-18-3-5-20(6-4-18)21-15-24-22-23(25(2)12-13-27(21)22)8-10-26(11-9-23)16-19-7-14-28-17-19;2*3-2(4,5)1(6)7/h3-7,14-15,17H,8-13,16H2,1-2H3;2*(H,6,7). The van der Waals surface area contributed by atoms with Gasteiger partial charge in [0, 0.05) is 32.7 Å². The average molecular weight is 621 g/mol. The molecule has 0 radical (unpaired) electrons. The second kappa shape index (κ2) is 13.3. The number of carbonyl (C=O) groups is 2. The number of alkyl halides is 6. The van der Waals surface area contributed by atoms with Crippen LogP contribution < -0.4 is 0 Å². The van der Waals surface area contributed by atoms with Crippen LogP contribution in [0.2, 0.25) is 0 Å². The second-order valence-electron chi connectivity index (χ2n) is 9.95. The van der Waals surface area contributed by atoms with Crippen LogP contribution in [0.5, 0.6) is 0 Å². The van der Waals surface area contributed by atoms with Crippen LogP contribution in [0.4, 0.5) is 26.3 Å². The number of piperidine rings is 1. The Balaban J connectivity index is 0.000000289. The van der Waals surface area contributed by atoms with Crippen LogP contribution in [0, 0.1) is 6.92 Å². The largest absolute Gasteiger partial charge is 0.490 e. The molecule has 0 bridgehead atoms. The van der Waals surface area contributed by atoms with Crippen molar-refractivity contribution in [2.24, 2.45) is 0 Å². The van der Waals surface area contributed by atoms with E-state index < -0.39 is 24.3 Å². The third kappa shape index (κ3) is 8.10. The van der Waals surface area contributed by atoms with Gasteiger partial charge in [0.25, 0.3) is 0 Å². The predicted octanol–water partition coefficient (Wildman–Crippen LogP) is 5.62. The molecular formula is C27H30F6N4O4S. The Bertz CT molecular complexity index is 1310. The number of hydrogen-bond acceptors (Lipinski definition) is 6. The minimum absolute atomic E-state index is 0.0757. The number of fused-ring (bicyclic) bond motifs is 2. The Morgan fingerprint density at radius 2 is 1.48 bits per heavy atom. The van der Waals surface area contributed by atoms with Gasteiger partial charge in [-0.25, -0.2) is 14.6 Å². The number of thiophene rings is 1. The Morgan fingerprint density at radius 3 is 1.95 bits per heavy atom. The number of likely N-dealkylation sites (tertiary alicyclic amines) is 1. The lowest BCUT2D eigenvalue weighted by atomic mass is 9.83. The molecule has 0 atom stereocenters. The van der Waals surface area contributed by atoms with Gasteiger partial charge in [0.2, 0.25) is 0 Å². The SMILES string of the molecule is Cc1ccc(-c2cnc3n2CCN(C)C32CCN(Cc3ccsc3)CC2)cc1.O=C(O)C(F)(F)F.O=C(O)C(F)(F)F. The summed E-state index contributed by atoms with van der Waals surface area (Å²) in [4.78, 5) is 27.9. The minimum atomic E-state index is -5.08. The first kappa shape index (κ1) is 33.1. The first-order valence-corrected chi connectivity index (χ1v) is 13.7. The number of halogens is 6. The summed E-state index contributed by atoms with van der Waals surface area (Å²) in [5, 5.41) is 18.7. The minimum Gasteiger partial charge on any atom is -0.475 e. The van der Waals surface area contributed by atoms with Crippen LogP contribution in [-0.4, -0.2) is 80.5 Å². The lowest BCUT2D eigenvalue weighted by Gasteiger charge is -2.49. The fourth-order valence-corrected chi connectivity index (χ4v) is 5.55. The normalized spacial score (nSPS) is 17.0. The van der Waals surface area contributed by atoms with Gasteiger partial charge in [0.05, 0.1) is 17.4 Å². The molecule has 1 fully saturated rings. The fourth-order valence-electron chi connectivity index (χ4n) is 4.89. The molecule has 2 aromatic heterocycles. The van der Waals surface area contributed by atoms with Crippen LogP contribution >= 0.6 is 11.3 Å². The summed E-state index contributed by atoms with van der Waals surface area (Å²) in [6, 6.07) is 11.1. The molecule has 5 rings (SSSR count). The molecule has 0 saturated carbocycles. The van der Waals surface area contributed by atoms with Crippen molar-refractivity contribution in [3.05, 3.63) is 64.2 Å². The van der Waals surface area contributed by atoms with Crippen molar-refractivity contribution in [1.82, 2.24) is 19.4 Å². The summed E-state index contributed by atoms with van der Waals surface area (Å²) in [7, 11) is 2.29. The zero-order valence-electron chi connectivity index (χ0n) is 22.7. The molecule has 1 spiro atoms. The van der Waals surface area contributed by atoms with Gasteiger partial charge in [-0.2, -0.15) is 37.7 Å². The molecule has 230 valence electrons. The highest BCUT2D eigenvalue weighted by molar-refractivity contribution is 7.07. The van der Waals surface area contributed by atoms with E-state index in [1.807, 2.05) is 0 Å². The lowest BCUT2D eigenvalue weighted by molar-refractivity contribution is -0.193. The topological polar surface area (TPSA) is 98.9 Å². The van der Waals surface area contributed by atoms with Crippen molar-refractivity contribution in [2.75, 3.05) is 26.7 Å². The molecule has 2 aliphatic rings. The van der Waals surface area contributed by atoms with E-state index >= 15 is 0 Å². The van der Waals surface area contributed by atoms with Crippen molar-refractivity contribution in [3.63, 3.8) is 0 Å². The molecule has 15 heteroatoms. The molecule has 1 saturated heterocycles. The molecule has 8 nitrogen and oxygen atoms in total. The summed E-state index contributed by atoms with van der Waals surface area (Å²) in [6.07, 6.45) is -5.77. The maximum Gasteiger partial charge on any atom is 0.490 e. The van der Waals surface area contributed by atoms with E-state index in [4.69, 9.17) is 24.8 Å². The molecular weight excluding hydrogens is 590 g/mol. The van der Waals surface area contributed by atoms with Crippen molar-refractivity contribution in [2.45, 2.75) is 50.7 Å². The molecule has 3 aromatic rings. The quantitative estimate of drug-likeness (QED) is 0.367. The van der Waals surface area contributed by atoms with Gasteiger partial charge in [-0.05, 0) is 54.8 Å². The van der Waals surface area contributed by atoms with Gasteiger partial charge in [-0.1, -0.05) is 29.8 Å². The van der Waals surface area contributed by atoms with Gasteiger partial charge in [0.1, 0.15) is 5.82 Å². The number of benzene rings is 1. The van der Waals surface area contributed by atoms with Gasteiger partial charge in [0.15, 0.2) is 0 Å². The molecule has 2 aliphatic heterocycles. The van der Waals surface area contributed by atoms with Crippen LogP contribution in [0.3, 0.4) is 0 Å². The monoisotopic (exact) mass is 620 g/mol. The summed E-state index contributed by atoms with van der Waals surface area (Å²) < 4.78 is 66.0. The average Bonchev–Trinajstić information content (AvgIpc) is 3.58. The third-order valence-electron chi connectivity index (χ3n) is 7.16. The third-order valence-corrected chi connectivity index (χ3v) is 7.90. The van der Waals surface area contributed by atoms with Crippen molar-refractivity contribution < 1.29 is 46.1 Å². The summed E-state index contributed by atoms with van der Waals surface area (Å²) in [5.41, 5.74) is 5.37. The highest BCUT2D eigenvalue weighted by Crippen LogP contribution is 2.41. The molecule has 0 unspecified atom stereocenters. The number of aryl methyl sites for hydroxylation is 1. The number of aromatic nitrogens is 2. The molecule has 1 aromatic carbocycles. The Labute approximate surface area is 241 Å². The summed E-state index contributed by atoms with van der Waals surface area (Å²) in [5.74, 6) is -4.24. The molecule has 0 amide bonds. The van der Waals surface area contributed by atoms with E-state index in [0.717, 1.165) is 45.6 Å². The molecule has 2 N–H and O–H groups in total. The molecule has 42 heavy (non-hydrogen) atoms. The number of nitrogens with zero attached hydrogens (tertiary/aromatic N) is 4. The second-order valence-corrected chi connectivity index (χ2v) is 10.7. The lowest BCUT2D eigenvalue weighted by Crippen LogP contribution is -2.56. The number of rotatable bonds is 3. The fraction of sp³-hybridized carbons (Fsp3) is 0.444. The van der Waals surface area contributed by atoms with Crippen LogP contribution in [0.15, 0.2) is 47.3 Å². The number of imidazole rings is 1. The number of hydrogen-bond donors (Lipinski definition) is 2. The first-order valence-electron chi connectivity index (χ1n) is 12.7. The van der Waals surface area contributed by atoms with Gasteiger partial charge >= 0.3 is 24.3 Å². The Kier molecular flexibility index (Phi) is 10.4. The van der Waals surface area contributed by atoms with Crippen LogP contribution in [-0.2, 0) is 28.2 Å².